The summed E-state index contributed by atoms with van der Waals surface area (Å²) in [7, 11) is 0. The summed E-state index contributed by atoms with van der Waals surface area (Å²) in [4.78, 5) is 17.2. The second kappa shape index (κ2) is 6.23. The molecule has 0 saturated heterocycles. The maximum atomic E-state index is 12.7. The Morgan fingerprint density at radius 1 is 1.11 bits per heavy atom. The molecule has 27 heavy (non-hydrogen) atoms. The minimum absolute atomic E-state index is 0.0495. The summed E-state index contributed by atoms with van der Waals surface area (Å²) in [5.41, 5.74) is 6.26. The second-order valence-electron chi connectivity index (χ2n) is 6.98. The Morgan fingerprint density at radius 2 is 1.96 bits per heavy atom. The fourth-order valence-corrected chi connectivity index (χ4v) is 4.27. The summed E-state index contributed by atoms with van der Waals surface area (Å²) in [6, 6.07) is 16.3. The highest BCUT2D eigenvalue weighted by Gasteiger charge is 2.37. The first-order valence-electron chi connectivity index (χ1n) is 9.40. The maximum Gasteiger partial charge on any atom is 0.161 e. The van der Waals surface area contributed by atoms with Crippen LogP contribution in [-0.2, 0) is 4.79 Å². The van der Waals surface area contributed by atoms with Crippen LogP contribution in [0.2, 0.25) is 0 Å². The molecular formula is C23H20N2O2. The molecule has 134 valence electrons. The highest BCUT2D eigenvalue weighted by Crippen LogP contribution is 2.48. The summed E-state index contributed by atoms with van der Waals surface area (Å²) in [5.74, 6) is 1.05. The molecule has 1 aromatic heterocycles. The topological polar surface area (TPSA) is 51.2 Å². The number of nitrogens with one attached hydrogen (secondary N) is 1. The van der Waals surface area contributed by atoms with Crippen molar-refractivity contribution in [2.45, 2.75) is 25.7 Å². The molecule has 5 rings (SSSR count). The largest absolute Gasteiger partial charge is 0.494 e. The quantitative estimate of drug-likeness (QED) is 0.732. The predicted octanol–water partition coefficient (Wildman–Crippen LogP) is 4.81. The number of aromatic nitrogens is 1. The fourth-order valence-electron chi connectivity index (χ4n) is 4.27. The molecule has 3 aromatic rings. The van der Waals surface area contributed by atoms with Crippen molar-refractivity contribution in [1.29, 1.82) is 0 Å². The van der Waals surface area contributed by atoms with Crippen molar-refractivity contribution in [3.63, 3.8) is 0 Å². The number of allylic oxidation sites excluding steroid dienone is 2. The summed E-state index contributed by atoms with van der Waals surface area (Å²) >= 11 is 0. The molecule has 1 N–H and O–H groups in total. The molecule has 1 aliphatic heterocycles. The number of ether oxygens (including phenoxy) is 1. The number of hydrogen-bond acceptors (Lipinski definition) is 4. The summed E-state index contributed by atoms with van der Waals surface area (Å²) < 4.78 is 5.58. The Balaban J connectivity index is 1.71. The number of benzene rings is 2. The van der Waals surface area contributed by atoms with Crippen LogP contribution in [0.4, 0.5) is 5.69 Å². The smallest absolute Gasteiger partial charge is 0.161 e. The zero-order valence-electron chi connectivity index (χ0n) is 15.2. The van der Waals surface area contributed by atoms with Gasteiger partial charge in [0.05, 0.1) is 17.8 Å². The lowest BCUT2D eigenvalue weighted by molar-refractivity contribution is -0.115. The molecule has 1 unspecified atom stereocenters. The van der Waals surface area contributed by atoms with Gasteiger partial charge in [-0.25, -0.2) is 0 Å². The molecule has 0 saturated carbocycles. The van der Waals surface area contributed by atoms with Crippen LogP contribution in [0.25, 0.3) is 10.9 Å². The molecule has 4 heteroatoms. The van der Waals surface area contributed by atoms with Crippen LogP contribution in [-0.4, -0.2) is 17.4 Å². The molecule has 2 heterocycles. The number of fused-ring (bicyclic) bond motifs is 3. The molecule has 0 amide bonds. The van der Waals surface area contributed by atoms with Crippen LogP contribution < -0.4 is 10.1 Å². The molecule has 1 aliphatic carbocycles. The summed E-state index contributed by atoms with van der Waals surface area (Å²) in [5, 5.41) is 4.65. The van der Waals surface area contributed by atoms with Gasteiger partial charge in [0.1, 0.15) is 5.75 Å². The van der Waals surface area contributed by atoms with Gasteiger partial charge in [0, 0.05) is 35.2 Å². The third-order valence-electron chi connectivity index (χ3n) is 5.44. The van der Waals surface area contributed by atoms with E-state index in [2.05, 4.69) is 34.6 Å². The Hall–Kier alpha value is -3.14. The number of nitrogens with zero attached hydrogens (tertiary/aromatic N) is 1. The fraction of sp³-hybridized carbons (Fsp3) is 0.217. The van der Waals surface area contributed by atoms with E-state index in [0.717, 1.165) is 51.2 Å². The van der Waals surface area contributed by atoms with Gasteiger partial charge >= 0.3 is 0 Å². The maximum absolute atomic E-state index is 12.7. The van der Waals surface area contributed by atoms with Gasteiger partial charge in [0.15, 0.2) is 5.78 Å². The van der Waals surface area contributed by atoms with E-state index in [1.165, 1.54) is 0 Å². The highest BCUT2D eigenvalue weighted by atomic mass is 16.5. The minimum Gasteiger partial charge on any atom is -0.494 e. The van der Waals surface area contributed by atoms with E-state index in [9.17, 15) is 4.79 Å². The lowest BCUT2D eigenvalue weighted by atomic mass is 9.80. The lowest BCUT2D eigenvalue weighted by Crippen LogP contribution is -2.19. The molecule has 0 bridgehead atoms. The Bertz CT molecular complexity index is 1080. The molecule has 0 radical (unpaired) electrons. The molecule has 2 aromatic carbocycles. The van der Waals surface area contributed by atoms with E-state index in [4.69, 9.17) is 4.74 Å². The van der Waals surface area contributed by atoms with Crippen molar-refractivity contribution in [2.75, 3.05) is 11.9 Å². The van der Waals surface area contributed by atoms with Crippen molar-refractivity contribution < 1.29 is 9.53 Å². The van der Waals surface area contributed by atoms with Gasteiger partial charge in [-0.05, 0) is 54.8 Å². The van der Waals surface area contributed by atoms with Crippen LogP contribution in [0.5, 0.6) is 5.75 Å². The van der Waals surface area contributed by atoms with Crippen LogP contribution in [0.15, 0.2) is 66.0 Å². The molecule has 4 nitrogen and oxygen atoms in total. The van der Waals surface area contributed by atoms with Gasteiger partial charge in [-0.3, -0.25) is 9.78 Å². The van der Waals surface area contributed by atoms with Crippen LogP contribution >= 0.6 is 0 Å². The lowest BCUT2D eigenvalue weighted by Gasteiger charge is -2.29. The monoisotopic (exact) mass is 356 g/mol. The van der Waals surface area contributed by atoms with Gasteiger partial charge in [-0.2, -0.15) is 0 Å². The molecule has 2 aliphatic rings. The van der Waals surface area contributed by atoms with Gasteiger partial charge in [0.25, 0.3) is 0 Å². The number of hydrogen-bond donors (Lipinski definition) is 1. The Morgan fingerprint density at radius 3 is 2.78 bits per heavy atom. The Kier molecular flexibility index (Phi) is 3.71. The predicted molar refractivity (Wildman–Crippen MR) is 106 cm³/mol. The van der Waals surface area contributed by atoms with Crippen molar-refractivity contribution in [3.8, 4) is 5.75 Å². The first-order chi connectivity index (χ1) is 13.3. The number of carbonyl (C=O) groups excluding carboxylic acids is 1. The zero-order chi connectivity index (χ0) is 18.4. The molecule has 0 spiro atoms. The third kappa shape index (κ3) is 2.52. The van der Waals surface area contributed by atoms with Crippen LogP contribution in [0.1, 0.15) is 36.8 Å². The number of carbonyl (C=O) groups is 1. The van der Waals surface area contributed by atoms with Crippen LogP contribution in [0, 0.1) is 0 Å². The van der Waals surface area contributed by atoms with Gasteiger partial charge in [-0.15, -0.1) is 0 Å². The van der Waals surface area contributed by atoms with Gasteiger partial charge < -0.3 is 10.1 Å². The summed E-state index contributed by atoms with van der Waals surface area (Å²) in [6.45, 7) is 2.62. The van der Waals surface area contributed by atoms with Crippen molar-refractivity contribution >= 4 is 22.4 Å². The Labute approximate surface area is 157 Å². The zero-order valence-corrected chi connectivity index (χ0v) is 15.2. The number of anilines is 1. The van der Waals surface area contributed by atoms with E-state index >= 15 is 0 Å². The number of rotatable bonds is 3. The van der Waals surface area contributed by atoms with E-state index < -0.39 is 0 Å². The van der Waals surface area contributed by atoms with Crippen LogP contribution in [0.3, 0.4) is 0 Å². The van der Waals surface area contributed by atoms with Gasteiger partial charge in [-0.1, -0.05) is 18.2 Å². The number of Topliss-reactive ketones (excluding diaryl/α,β-unsaturated/α-hetero) is 1. The highest BCUT2D eigenvalue weighted by molar-refractivity contribution is 6.05. The number of ketones is 1. The summed E-state index contributed by atoms with van der Waals surface area (Å²) in [6.07, 6.45) is 3.17. The first-order valence-corrected chi connectivity index (χ1v) is 9.40. The average molecular weight is 356 g/mol. The average Bonchev–Trinajstić information content (AvgIpc) is 3.08. The third-order valence-corrected chi connectivity index (χ3v) is 5.44. The molecule has 0 fully saturated rings. The molecule has 1 atom stereocenters. The van der Waals surface area contributed by atoms with E-state index in [1.807, 2.05) is 37.4 Å². The SMILES string of the molecule is CCOc1ccc(C2C3=C(CCC3=O)Nc3c2ccc2ncccc32)cc1. The van der Waals surface area contributed by atoms with E-state index in [-0.39, 0.29) is 11.7 Å². The van der Waals surface area contributed by atoms with E-state index in [0.29, 0.717) is 13.0 Å². The minimum atomic E-state index is -0.0495. The van der Waals surface area contributed by atoms with Crippen molar-refractivity contribution in [2.24, 2.45) is 0 Å². The molecular weight excluding hydrogens is 336 g/mol. The van der Waals surface area contributed by atoms with Crippen molar-refractivity contribution in [1.82, 2.24) is 4.98 Å². The normalized spacial score (nSPS) is 18.3. The number of pyridine rings is 1. The van der Waals surface area contributed by atoms with Gasteiger partial charge in [0.2, 0.25) is 0 Å². The first kappa shape index (κ1) is 16.1. The van der Waals surface area contributed by atoms with E-state index in [1.54, 1.807) is 0 Å². The van der Waals surface area contributed by atoms with Crippen molar-refractivity contribution in [3.05, 3.63) is 77.1 Å². The second-order valence-corrected chi connectivity index (χ2v) is 6.98. The standard InChI is InChI=1S/C23H20N2O2/c1-2-27-15-7-5-14(6-8-15)21-17-9-10-18-16(4-3-13-24-18)23(17)25-19-11-12-20(26)22(19)21/h3-10,13,21,25H,2,11-12H2,1H3.